The molecule has 0 bridgehead atoms. The average Bonchev–Trinajstić information content (AvgIpc) is 1.80. The molecule has 0 spiro atoms. The second-order valence-corrected chi connectivity index (χ2v) is 3.79. The van der Waals surface area contributed by atoms with Gasteiger partial charge in [-0.25, -0.2) is 0 Å². The molecule has 1 aliphatic rings. The normalized spacial score (nSPS) is 39.9. The molecule has 2 heteroatoms. The maximum atomic E-state index is 9.39. The molecule has 0 aromatic heterocycles. The van der Waals surface area contributed by atoms with E-state index in [0.717, 1.165) is 12.8 Å². The van der Waals surface area contributed by atoms with Crippen LogP contribution in [-0.2, 0) is 0 Å². The molecule has 60 valence electrons. The van der Waals surface area contributed by atoms with Gasteiger partial charge in [0.05, 0.1) is 12.2 Å². The fourth-order valence-corrected chi connectivity index (χ4v) is 1.52. The minimum Gasteiger partial charge on any atom is -0.393 e. The number of aliphatic hydroxyl groups excluding tert-OH is 1. The Bertz CT molecular complexity index is 114. The molecule has 0 aromatic carbocycles. The summed E-state index contributed by atoms with van der Waals surface area (Å²) in [6, 6.07) is 0. The predicted molar refractivity (Wildman–Crippen MR) is 39.6 cm³/mol. The van der Waals surface area contributed by atoms with Gasteiger partial charge in [0.2, 0.25) is 0 Å². The number of aliphatic hydroxyl groups is 2. The lowest BCUT2D eigenvalue weighted by atomic mass is 9.67. The van der Waals surface area contributed by atoms with E-state index in [0.29, 0.717) is 11.8 Å². The molecule has 2 nitrogen and oxygen atoms in total. The summed E-state index contributed by atoms with van der Waals surface area (Å²) >= 11 is 0. The highest BCUT2D eigenvalue weighted by atomic mass is 16.3. The zero-order valence-electron chi connectivity index (χ0n) is 6.67. The largest absolute Gasteiger partial charge is 0.393 e. The fraction of sp³-hybridized carbons (Fsp3) is 1.00. The maximum absolute atomic E-state index is 9.39. The maximum Gasteiger partial charge on any atom is 0.0882 e. The SMILES string of the molecule is CC(C)[C@H]1C[C@@](O)(CO)C1. The molecule has 0 heterocycles. The van der Waals surface area contributed by atoms with Crippen LogP contribution in [0.2, 0.25) is 0 Å². The van der Waals surface area contributed by atoms with Crippen molar-refractivity contribution in [3.8, 4) is 0 Å². The minimum absolute atomic E-state index is 0.0732. The lowest BCUT2D eigenvalue weighted by Crippen LogP contribution is -2.48. The van der Waals surface area contributed by atoms with Crippen LogP contribution in [0.5, 0.6) is 0 Å². The summed E-state index contributed by atoms with van der Waals surface area (Å²) in [7, 11) is 0. The van der Waals surface area contributed by atoms with Crippen molar-refractivity contribution in [1.29, 1.82) is 0 Å². The van der Waals surface area contributed by atoms with E-state index in [4.69, 9.17) is 5.11 Å². The highest BCUT2D eigenvalue weighted by Gasteiger charge is 2.42. The van der Waals surface area contributed by atoms with Crippen LogP contribution in [0.25, 0.3) is 0 Å². The second-order valence-electron chi connectivity index (χ2n) is 3.79. The molecule has 1 fully saturated rings. The van der Waals surface area contributed by atoms with Crippen LogP contribution in [0.3, 0.4) is 0 Å². The highest BCUT2D eigenvalue weighted by Crippen LogP contribution is 2.41. The van der Waals surface area contributed by atoms with Gasteiger partial charge < -0.3 is 10.2 Å². The van der Waals surface area contributed by atoms with E-state index < -0.39 is 5.60 Å². The first-order chi connectivity index (χ1) is 4.57. The van der Waals surface area contributed by atoms with Crippen molar-refractivity contribution in [3.63, 3.8) is 0 Å². The van der Waals surface area contributed by atoms with Gasteiger partial charge in [-0.15, -0.1) is 0 Å². The minimum atomic E-state index is -0.727. The van der Waals surface area contributed by atoms with Crippen molar-refractivity contribution in [3.05, 3.63) is 0 Å². The van der Waals surface area contributed by atoms with Gasteiger partial charge in [-0.2, -0.15) is 0 Å². The molecule has 2 N–H and O–H groups in total. The first-order valence-electron chi connectivity index (χ1n) is 3.91. The molecule has 1 rings (SSSR count). The van der Waals surface area contributed by atoms with E-state index in [9.17, 15) is 5.11 Å². The number of rotatable bonds is 2. The Labute approximate surface area is 61.9 Å². The monoisotopic (exact) mass is 144 g/mol. The first-order valence-corrected chi connectivity index (χ1v) is 3.91. The third-order valence-corrected chi connectivity index (χ3v) is 2.52. The van der Waals surface area contributed by atoms with Crippen molar-refractivity contribution in [2.24, 2.45) is 11.8 Å². The molecule has 1 aliphatic carbocycles. The van der Waals surface area contributed by atoms with Gasteiger partial charge in [-0.3, -0.25) is 0 Å². The van der Waals surface area contributed by atoms with Gasteiger partial charge >= 0.3 is 0 Å². The Balaban J connectivity index is 2.29. The molecule has 10 heavy (non-hydrogen) atoms. The summed E-state index contributed by atoms with van der Waals surface area (Å²) in [6.07, 6.45) is 1.56. The van der Waals surface area contributed by atoms with Gasteiger partial charge in [0.1, 0.15) is 0 Å². The standard InChI is InChI=1S/C8H16O2/c1-6(2)7-3-8(10,4-7)5-9/h6-7,9-10H,3-5H2,1-2H3/t7-,8-. The zero-order chi connectivity index (χ0) is 7.78. The molecule has 0 saturated heterocycles. The number of hydrogen-bond acceptors (Lipinski definition) is 2. The van der Waals surface area contributed by atoms with Crippen molar-refractivity contribution in [2.75, 3.05) is 6.61 Å². The molecule has 1 saturated carbocycles. The molecular weight excluding hydrogens is 128 g/mol. The van der Waals surface area contributed by atoms with Gasteiger partial charge in [0.15, 0.2) is 0 Å². The highest BCUT2D eigenvalue weighted by molar-refractivity contribution is 4.94. The zero-order valence-corrected chi connectivity index (χ0v) is 6.67. The smallest absolute Gasteiger partial charge is 0.0882 e. The molecule has 0 aliphatic heterocycles. The topological polar surface area (TPSA) is 40.5 Å². The van der Waals surface area contributed by atoms with Crippen LogP contribution < -0.4 is 0 Å². The molecule has 0 radical (unpaired) electrons. The van der Waals surface area contributed by atoms with Crippen molar-refractivity contribution < 1.29 is 10.2 Å². The Hall–Kier alpha value is -0.0800. The van der Waals surface area contributed by atoms with Crippen molar-refractivity contribution in [2.45, 2.75) is 32.3 Å². The third-order valence-electron chi connectivity index (χ3n) is 2.52. The van der Waals surface area contributed by atoms with E-state index in [1.54, 1.807) is 0 Å². The molecule has 0 amide bonds. The third kappa shape index (κ3) is 1.32. The number of hydrogen-bond donors (Lipinski definition) is 2. The van der Waals surface area contributed by atoms with E-state index in [2.05, 4.69) is 13.8 Å². The van der Waals surface area contributed by atoms with Gasteiger partial charge in [0.25, 0.3) is 0 Å². The van der Waals surface area contributed by atoms with E-state index in [1.165, 1.54) is 0 Å². The van der Waals surface area contributed by atoms with E-state index in [1.807, 2.05) is 0 Å². The van der Waals surface area contributed by atoms with Gasteiger partial charge in [-0.05, 0) is 24.7 Å². The van der Waals surface area contributed by atoms with Crippen LogP contribution in [0, 0.1) is 11.8 Å². The van der Waals surface area contributed by atoms with E-state index >= 15 is 0 Å². The van der Waals surface area contributed by atoms with Crippen LogP contribution in [0.4, 0.5) is 0 Å². The Morgan fingerprint density at radius 3 is 2.30 bits per heavy atom. The molecule has 0 atom stereocenters. The molecular formula is C8H16O2. The summed E-state index contributed by atoms with van der Waals surface area (Å²) in [5, 5.41) is 18.1. The van der Waals surface area contributed by atoms with Crippen molar-refractivity contribution in [1.82, 2.24) is 0 Å². The Kier molecular flexibility index (Phi) is 2.02. The van der Waals surface area contributed by atoms with E-state index in [-0.39, 0.29) is 6.61 Å². The Morgan fingerprint density at radius 2 is 2.00 bits per heavy atom. The van der Waals surface area contributed by atoms with Crippen LogP contribution >= 0.6 is 0 Å². The first kappa shape index (κ1) is 8.02. The second kappa shape index (κ2) is 2.51. The summed E-state index contributed by atoms with van der Waals surface area (Å²) < 4.78 is 0. The van der Waals surface area contributed by atoms with Crippen molar-refractivity contribution >= 4 is 0 Å². The predicted octanol–water partition coefficient (Wildman–Crippen LogP) is 0.776. The summed E-state index contributed by atoms with van der Waals surface area (Å²) in [4.78, 5) is 0. The van der Waals surface area contributed by atoms with Gasteiger partial charge in [0, 0.05) is 0 Å². The lowest BCUT2D eigenvalue weighted by molar-refractivity contribution is -0.117. The van der Waals surface area contributed by atoms with Crippen LogP contribution in [0.1, 0.15) is 26.7 Å². The molecule has 0 unspecified atom stereocenters. The summed E-state index contributed by atoms with van der Waals surface area (Å²) in [6.45, 7) is 4.24. The van der Waals surface area contributed by atoms with Crippen LogP contribution in [0.15, 0.2) is 0 Å². The van der Waals surface area contributed by atoms with Gasteiger partial charge in [-0.1, -0.05) is 13.8 Å². The Morgan fingerprint density at radius 1 is 1.50 bits per heavy atom. The fourth-order valence-electron chi connectivity index (χ4n) is 1.52. The molecule has 0 aromatic rings. The average molecular weight is 144 g/mol. The summed E-state index contributed by atoms with van der Waals surface area (Å²) in [5.74, 6) is 1.27. The quantitative estimate of drug-likeness (QED) is 0.601. The summed E-state index contributed by atoms with van der Waals surface area (Å²) in [5.41, 5.74) is -0.727. The van der Waals surface area contributed by atoms with Crippen LogP contribution in [-0.4, -0.2) is 22.4 Å². The lowest BCUT2D eigenvalue weighted by Gasteiger charge is -2.44.